The summed E-state index contributed by atoms with van der Waals surface area (Å²) in [5, 5.41) is 0. The van der Waals surface area contributed by atoms with Crippen LogP contribution in [0.1, 0.15) is 12.0 Å². The molecule has 0 saturated heterocycles. The zero-order chi connectivity index (χ0) is 12.6. The van der Waals surface area contributed by atoms with E-state index in [2.05, 4.69) is 25.9 Å². The summed E-state index contributed by atoms with van der Waals surface area (Å²) in [6.45, 7) is 2.31. The highest BCUT2D eigenvalue weighted by Crippen LogP contribution is 2.12. The van der Waals surface area contributed by atoms with Crippen molar-refractivity contribution in [1.29, 1.82) is 0 Å². The van der Waals surface area contributed by atoms with Crippen molar-refractivity contribution < 1.29 is 0 Å². The van der Waals surface area contributed by atoms with Gasteiger partial charge in [0.15, 0.2) is 0 Å². The van der Waals surface area contributed by atoms with Crippen LogP contribution in [-0.2, 0) is 6.54 Å². The predicted octanol–water partition coefficient (Wildman–Crippen LogP) is 1.23. The van der Waals surface area contributed by atoms with E-state index in [1.807, 2.05) is 12.3 Å². The van der Waals surface area contributed by atoms with Gasteiger partial charge in [-0.1, -0.05) is 6.07 Å². The van der Waals surface area contributed by atoms with Crippen molar-refractivity contribution in [3.63, 3.8) is 0 Å². The molecule has 0 atom stereocenters. The lowest BCUT2D eigenvalue weighted by atomic mass is 10.2. The van der Waals surface area contributed by atoms with Gasteiger partial charge in [-0.2, -0.15) is 0 Å². The Hall–Kier alpha value is -2.01. The SMILES string of the molecule is NCCCN(Cc1cccnc1)c1cnccn1. The van der Waals surface area contributed by atoms with Crippen LogP contribution in [0.15, 0.2) is 43.1 Å². The van der Waals surface area contributed by atoms with Gasteiger partial charge in [0.25, 0.3) is 0 Å². The first-order chi connectivity index (χ1) is 8.90. The summed E-state index contributed by atoms with van der Waals surface area (Å²) in [7, 11) is 0. The number of pyridine rings is 1. The number of nitrogens with zero attached hydrogens (tertiary/aromatic N) is 4. The molecule has 2 aromatic heterocycles. The maximum atomic E-state index is 5.57. The molecule has 0 aliphatic heterocycles. The van der Waals surface area contributed by atoms with Crippen LogP contribution in [0, 0.1) is 0 Å². The first-order valence-corrected chi connectivity index (χ1v) is 6.00. The monoisotopic (exact) mass is 243 g/mol. The van der Waals surface area contributed by atoms with Crippen molar-refractivity contribution in [2.45, 2.75) is 13.0 Å². The van der Waals surface area contributed by atoms with E-state index in [1.165, 1.54) is 0 Å². The number of anilines is 1. The Kier molecular flexibility index (Phi) is 4.60. The van der Waals surface area contributed by atoms with E-state index in [-0.39, 0.29) is 0 Å². The van der Waals surface area contributed by atoms with Crippen LogP contribution in [0.25, 0.3) is 0 Å². The maximum Gasteiger partial charge on any atom is 0.147 e. The first-order valence-electron chi connectivity index (χ1n) is 6.00. The Morgan fingerprint density at radius 2 is 2.00 bits per heavy atom. The third kappa shape index (κ3) is 3.49. The molecule has 2 aromatic rings. The Morgan fingerprint density at radius 3 is 2.67 bits per heavy atom. The van der Waals surface area contributed by atoms with Crippen molar-refractivity contribution in [3.05, 3.63) is 48.7 Å². The minimum absolute atomic E-state index is 0.670. The van der Waals surface area contributed by atoms with Crippen molar-refractivity contribution in [3.8, 4) is 0 Å². The standard InChI is InChI=1S/C13H17N5/c14-4-2-8-18(13-10-16-6-7-17-13)11-12-3-1-5-15-9-12/h1,3,5-7,9-10H,2,4,8,11,14H2. The van der Waals surface area contributed by atoms with Gasteiger partial charge in [0, 0.05) is 37.9 Å². The van der Waals surface area contributed by atoms with Gasteiger partial charge in [0.2, 0.25) is 0 Å². The summed E-state index contributed by atoms with van der Waals surface area (Å²) in [6.07, 6.45) is 9.72. The molecule has 0 spiro atoms. The van der Waals surface area contributed by atoms with E-state index in [0.29, 0.717) is 6.54 Å². The summed E-state index contributed by atoms with van der Waals surface area (Å²) in [5.41, 5.74) is 6.73. The summed E-state index contributed by atoms with van der Waals surface area (Å²) in [5.74, 6) is 0.870. The normalized spacial score (nSPS) is 10.3. The second kappa shape index (κ2) is 6.66. The van der Waals surface area contributed by atoms with Gasteiger partial charge >= 0.3 is 0 Å². The first kappa shape index (κ1) is 12.4. The van der Waals surface area contributed by atoms with Crippen LogP contribution in [0.3, 0.4) is 0 Å². The lowest BCUT2D eigenvalue weighted by molar-refractivity contribution is 0.722. The predicted molar refractivity (Wildman–Crippen MR) is 71.0 cm³/mol. The maximum absolute atomic E-state index is 5.57. The Bertz CT molecular complexity index is 445. The van der Waals surface area contributed by atoms with Gasteiger partial charge in [-0.3, -0.25) is 9.97 Å². The van der Waals surface area contributed by atoms with Crippen molar-refractivity contribution >= 4 is 5.82 Å². The zero-order valence-electron chi connectivity index (χ0n) is 10.2. The zero-order valence-corrected chi connectivity index (χ0v) is 10.2. The molecule has 0 amide bonds. The fourth-order valence-electron chi connectivity index (χ4n) is 1.72. The molecule has 0 aromatic carbocycles. The van der Waals surface area contributed by atoms with Gasteiger partial charge in [0.1, 0.15) is 5.82 Å². The third-order valence-electron chi connectivity index (χ3n) is 2.60. The van der Waals surface area contributed by atoms with Crippen LogP contribution >= 0.6 is 0 Å². The number of hydrogen-bond donors (Lipinski definition) is 1. The molecule has 0 aliphatic rings. The lowest BCUT2D eigenvalue weighted by Crippen LogP contribution is -2.26. The van der Waals surface area contributed by atoms with Crippen LogP contribution in [0.2, 0.25) is 0 Å². The average Bonchev–Trinajstić information content (AvgIpc) is 2.45. The van der Waals surface area contributed by atoms with Gasteiger partial charge in [-0.15, -0.1) is 0 Å². The van der Waals surface area contributed by atoms with Gasteiger partial charge < -0.3 is 10.6 Å². The molecule has 0 aliphatic carbocycles. The largest absolute Gasteiger partial charge is 0.351 e. The molecule has 2 heterocycles. The minimum Gasteiger partial charge on any atom is -0.351 e. The van der Waals surface area contributed by atoms with Crippen LogP contribution < -0.4 is 10.6 Å². The second-order valence-corrected chi connectivity index (χ2v) is 3.99. The topological polar surface area (TPSA) is 67.9 Å². The molecular weight excluding hydrogens is 226 g/mol. The lowest BCUT2D eigenvalue weighted by Gasteiger charge is -2.22. The van der Waals surface area contributed by atoms with E-state index < -0.39 is 0 Å². The smallest absolute Gasteiger partial charge is 0.147 e. The average molecular weight is 243 g/mol. The minimum atomic E-state index is 0.670. The van der Waals surface area contributed by atoms with Crippen LogP contribution in [0.5, 0.6) is 0 Å². The highest BCUT2D eigenvalue weighted by Gasteiger charge is 2.08. The van der Waals surface area contributed by atoms with Crippen molar-refractivity contribution in [2.75, 3.05) is 18.0 Å². The molecule has 0 fully saturated rings. The molecule has 0 bridgehead atoms. The summed E-state index contributed by atoms with van der Waals surface area (Å²) >= 11 is 0. The molecule has 2 N–H and O–H groups in total. The van der Waals surface area contributed by atoms with E-state index in [0.717, 1.165) is 30.9 Å². The summed E-state index contributed by atoms with van der Waals surface area (Å²) in [4.78, 5) is 14.7. The molecule has 94 valence electrons. The molecular formula is C13H17N5. The second-order valence-electron chi connectivity index (χ2n) is 3.99. The van der Waals surface area contributed by atoms with E-state index in [4.69, 9.17) is 5.73 Å². The third-order valence-corrected chi connectivity index (χ3v) is 2.60. The Labute approximate surface area is 107 Å². The number of nitrogens with two attached hydrogens (primary N) is 1. The molecule has 5 heteroatoms. The molecule has 0 saturated carbocycles. The molecule has 18 heavy (non-hydrogen) atoms. The van der Waals surface area contributed by atoms with Crippen molar-refractivity contribution in [1.82, 2.24) is 15.0 Å². The fraction of sp³-hybridized carbons (Fsp3) is 0.308. The van der Waals surface area contributed by atoms with Gasteiger partial charge in [-0.25, -0.2) is 4.98 Å². The summed E-state index contributed by atoms with van der Waals surface area (Å²) < 4.78 is 0. The Morgan fingerprint density at radius 1 is 1.11 bits per heavy atom. The molecule has 5 nitrogen and oxygen atoms in total. The van der Waals surface area contributed by atoms with Crippen LogP contribution in [-0.4, -0.2) is 28.0 Å². The van der Waals surface area contributed by atoms with E-state index in [1.54, 1.807) is 24.8 Å². The number of aromatic nitrogens is 3. The van der Waals surface area contributed by atoms with Gasteiger partial charge in [-0.05, 0) is 24.6 Å². The fourth-order valence-corrected chi connectivity index (χ4v) is 1.72. The highest BCUT2D eigenvalue weighted by molar-refractivity contribution is 5.36. The van der Waals surface area contributed by atoms with Gasteiger partial charge in [0.05, 0.1) is 6.20 Å². The van der Waals surface area contributed by atoms with E-state index in [9.17, 15) is 0 Å². The Balaban J connectivity index is 2.10. The van der Waals surface area contributed by atoms with Crippen molar-refractivity contribution in [2.24, 2.45) is 5.73 Å². The number of rotatable bonds is 6. The summed E-state index contributed by atoms with van der Waals surface area (Å²) in [6, 6.07) is 3.99. The molecule has 0 unspecified atom stereocenters. The quantitative estimate of drug-likeness (QED) is 0.826. The number of hydrogen-bond acceptors (Lipinski definition) is 5. The van der Waals surface area contributed by atoms with Crippen LogP contribution in [0.4, 0.5) is 5.82 Å². The molecule has 0 radical (unpaired) electrons. The highest BCUT2D eigenvalue weighted by atomic mass is 15.2. The van der Waals surface area contributed by atoms with E-state index >= 15 is 0 Å². The molecule has 2 rings (SSSR count).